The minimum Gasteiger partial charge on any atom is -0.0683 e. The van der Waals surface area contributed by atoms with Crippen molar-refractivity contribution in [2.75, 3.05) is 0 Å². The Morgan fingerprint density at radius 1 is 0.933 bits per heavy atom. The van der Waals surface area contributed by atoms with Gasteiger partial charge in [0.15, 0.2) is 0 Å². The number of benzene rings is 1. The van der Waals surface area contributed by atoms with Gasteiger partial charge in [-0.05, 0) is 31.4 Å². The van der Waals surface area contributed by atoms with Crippen LogP contribution in [-0.2, 0) is 6.42 Å². The van der Waals surface area contributed by atoms with Crippen molar-refractivity contribution in [3.05, 3.63) is 34.9 Å². The molecule has 0 aliphatic rings. The zero-order valence-corrected chi connectivity index (χ0v) is 11.6. The molecule has 0 saturated heterocycles. The third-order valence-corrected chi connectivity index (χ3v) is 1.88. The molecule has 0 spiro atoms. The average molecular weight is 208 g/mol. The Morgan fingerprint density at radius 2 is 1.40 bits per heavy atom. The summed E-state index contributed by atoms with van der Waals surface area (Å²) in [5.41, 5.74) is 4.24. The maximum absolute atomic E-state index is 2.23. The SMILES string of the molecule is CC.CCC.CCc1ccc(C)cc1C. The van der Waals surface area contributed by atoms with Crippen LogP contribution in [0.5, 0.6) is 0 Å². The van der Waals surface area contributed by atoms with E-state index >= 15 is 0 Å². The van der Waals surface area contributed by atoms with Gasteiger partial charge in [0.2, 0.25) is 0 Å². The van der Waals surface area contributed by atoms with Crippen molar-refractivity contribution in [2.45, 2.75) is 61.3 Å². The Kier molecular flexibility index (Phi) is 12.5. The molecule has 0 radical (unpaired) electrons. The van der Waals surface area contributed by atoms with Crippen LogP contribution in [0.4, 0.5) is 0 Å². The van der Waals surface area contributed by atoms with Crippen LogP contribution in [0.25, 0.3) is 0 Å². The Hall–Kier alpha value is -0.780. The van der Waals surface area contributed by atoms with Gasteiger partial charge in [-0.3, -0.25) is 0 Å². The molecule has 0 aliphatic carbocycles. The summed E-state index contributed by atoms with van der Waals surface area (Å²) in [6, 6.07) is 6.62. The number of hydrogen-bond donors (Lipinski definition) is 0. The van der Waals surface area contributed by atoms with Crippen molar-refractivity contribution in [3.8, 4) is 0 Å². The van der Waals surface area contributed by atoms with Gasteiger partial charge < -0.3 is 0 Å². The fourth-order valence-electron chi connectivity index (χ4n) is 1.24. The molecule has 1 aromatic carbocycles. The maximum atomic E-state index is 2.23. The molecule has 0 nitrogen and oxygen atoms in total. The summed E-state index contributed by atoms with van der Waals surface area (Å²) >= 11 is 0. The van der Waals surface area contributed by atoms with E-state index in [4.69, 9.17) is 0 Å². The standard InChI is InChI=1S/C10H14.C3H8.C2H6/c1-4-10-6-5-8(2)7-9(10)3;1-3-2;1-2/h5-7H,4H2,1-3H3;3H2,1-2H3;1-2H3. The summed E-state index contributed by atoms with van der Waals surface area (Å²) in [5.74, 6) is 0. The highest BCUT2D eigenvalue weighted by molar-refractivity contribution is 5.30. The van der Waals surface area contributed by atoms with Crippen molar-refractivity contribution in [1.29, 1.82) is 0 Å². The second kappa shape index (κ2) is 11.3. The van der Waals surface area contributed by atoms with Crippen LogP contribution in [0.2, 0.25) is 0 Å². The van der Waals surface area contributed by atoms with Gasteiger partial charge in [-0.15, -0.1) is 0 Å². The van der Waals surface area contributed by atoms with Gasteiger partial charge in [0, 0.05) is 0 Å². The molecule has 0 N–H and O–H groups in total. The van der Waals surface area contributed by atoms with Gasteiger partial charge in [0.25, 0.3) is 0 Å². The summed E-state index contributed by atoms with van der Waals surface area (Å²) in [5, 5.41) is 0. The smallest absolute Gasteiger partial charge is 0.0305 e. The largest absolute Gasteiger partial charge is 0.0683 e. The first kappa shape index (κ1) is 16.6. The van der Waals surface area contributed by atoms with E-state index in [9.17, 15) is 0 Å². The first-order valence-corrected chi connectivity index (χ1v) is 6.21. The third kappa shape index (κ3) is 8.23. The van der Waals surface area contributed by atoms with Gasteiger partial charge in [-0.25, -0.2) is 0 Å². The Labute approximate surface area is 96.7 Å². The van der Waals surface area contributed by atoms with Crippen LogP contribution in [-0.4, -0.2) is 0 Å². The molecule has 15 heavy (non-hydrogen) atoms. The fourth-order valence-corrected chi connectivity index (χ4v) is 1.24. The normalized spacial score (nSPS) is 8.20. The predicted octanol–water partition coefficient (Wildman–Crippen LogP) is 5.31. The van der Waals surface area contributed by atoms with Gasteiger partial charge >= 0.3 is 0 Å². The highest BCUT2D eigenvalue weighted by Crippen LogP contribution is 2.10. The molecule has 1 rings (SSSR count). The van der Waals surface area contributed by atoms with Gasteiger partial charge in [0.05, 0.1) is 0 Å². The van der Waals surface area contributed by atoms with E-state index in [1.807, 2.05) is 13.8 Å². The topological polar surface area (TPSA) is 0 Å². The molecule has 0 aromatic heterocycles. The van der Waals surface area contributed by atoms with Crippen molar-refractivity contribution in [2.24, 2.45) is 0 Å². The summed E-state index contributed by atoms with van der Waals surface area (Å²) < 4.78 is 0. The van der Waals surface area contributed by atoms with Gasteiger partial charge in [-0.2, -0.15) is 0 Å². The summed E-state index contributed by atoms with van der Waals surface area (Å²) in [6.45, 7) is 14.7. The molecule has 0 heteroatoms. The van der Waals surface area contributed by atoms with Crippen molar-refractivity contribution in [3.63, 3.8) is 0 Å². The highest BCUT2D eigenvalue weighted by Gasteiger charge is 1.93. The molecule has 88 valence electrons. The first-order valence-electron chi connectivity index (χ1n) is 6.21. The van der Waals surface area contributed by atoms with Crippen LogP contribution in [0.15, 0.2) is 18.2 Å². The Balaban J connectivity index is 0. The van der Waals surface area contributed by atoms with Crippen molar-refractivity contribution < 1.29 is 0 Å². The summed E-state index contributed by atoms with van der Waals surface area (Å²) in [6.07, 6.45) is 2.39. The van der Waals surface area contributed by atoms with E-state index in [1.54, 1.807) is 0 Å². The molecular formula is C15H28. The van der Waals surface area contributed by atoms with E-state index in [-0.39, 0.29) is 0 Å². The molecule has 0 unspecified atom stereocenters. The van der Waals surface area contributed by atoms with Gasteiger partial charge in [-0.1, -0.05) is 64.8 Å². The van der Waals surface area contributed by atoms with E-state index in [1.165, 1.54) is 23.1 Å². The second-order valence-electron chi connectivity index (χ2n) is 3.49. The average Bonchev–Trinajstić information content (AvgIpc) is 2.22. The number of aryl methyl sites for hydroxylation is 3. The number of hydrogen-bond acceptors (Lipinski definition) is 0. The lowest BCUT2D eigenvalue weighted by molar-refractivity contribution is 1.09. The quantitative estimate of drug-likeness (QED) is 0.587. The molecule has 0 bridgehead atoms. The third-order valence-electron chi connectivity index (χ3n) is 1.88. The molecule has 0 heterocycles. The molecule has 1 aromatic rings. The molecule has 0 saturated carbocycles. The Morgan fingerprint density at radius 3 is 1.73 bits per heavy atom. The zero-order chi connectivity index (χ0) is 12.3. The van der Waals surface area contributed by atoms with E-state index < -0.39 is 0 Å². The lowest BCUT2D eigenvalue weighted by atomic mass is 10.0. The van der Waals surface area contributed by atoms with Crippen LogP contribution in [0, 0.1) is 13.8 Å². The minimum absolute atomic E-state index is 1.14. The van der Waals surface area contributed by atoms with Crippen LogP contribution >= 0.6 is 0 Å². The molecule has 0 amide bonds. The lowest BCUT2D eigenvalue weighted by Gasteiger charge is -2.02. The van der Waals surface area contributed by atoms with Crippen LogP contribution < -0.4 is 0 Å². The minimum atomic E-state index is 1.14. The lowest BCUT2D eigenvalue weighted by Crippen LogP contribution is -1.85. The highest BCUT2D eigenvalue weighted by atomic mass is 14.0. The van der Waals surface area contributed by atoms with Crippen molar-refractivity contribution in [1.82, 2.24) is 0 Å². The molecule has 0 atom stereocenters. The van der Waals surface area contributed by atoms with Gasteiger partial charge in [0.1, 0.15) is 0 Å². The van der Waals surface area contributed by atoms with E-state index in [0.717, 1.165) is 6.42 Å². The van der Waals surface area contributed by atoms with Crippen LogP contribution in [0.3, 0.4) is 0 Å². The van der Waals surface area contributed by atoms with E-state index in [0.29, 0.717) is 0 Å². The molecule has 0 aliphatic heterocycles. The maximum Gasteiger partial charge on any atom is -0.0305 e. The van der Waals surface area contributed by atoms with Crippen molar-refractivity contribution >= 4 is 0 Å². The summed E-state index contributed by atoms with van der Waals surface area (Å²) in [4.78, 5) is 0. The van der Waals surface area contributed by atoms with Crippen LogP contribution in [0.1, 0.15) is 57.7 Å². The van der Waals surface area contributed by atoms with E-state index in [2.05, 4.69) is 52.8 Å². The first-order chi connectivity index (χ1) is 7.15. The second-order valence-corrected chi connectivity index (χ2v) is 3.49. The molecule has 0 fully saturated rings. The number of rotatable bonds is 1. The fraction of sp³-hybridized carbons (Fsp3) is 0.600. The Bertz CT molecular complexity index is 236. The monoisotopic (exact) mass is 208 g/mol. The molecular weight excluding hydrogens is 180 g/mol. The predicted molar refractivity (Wildman–Crippen MR) is 72.6 cm³/mol. The summed E-state index contributed by atoms with van der Waals surface area (Å²) in [7, 11) is 0. The zero-order valence-electron chi connectivity index (χ0n) is 11.6.